The first-order valence-corrected chi connectivity index (χ1v) is 4.84. The molecule has 0 radical (unpaired) electrons. The van der Waals surface area contributed by atoms with Crippen molar-refractivity contribution in [2.75, 3.05) is 0 Å². The van der Waals surface area contributed by atoms with Crippen LogP contribution in [0.3, 0.4) is 0 Å². The lowest BCUT2D eigenvalue weighted by Crippen LogP contribution is -1.95. The van der Waals surface area contributed by atoms with Crippen molar-refractivity contribution in [1.29, 1.82) is 0 Å². The molecule has 1 heteroatoms. The zero-order valence-corrected chi connectivity index (χ0v) is 7.92. The van der Waals surface area contributed by atoms with Crippen molar-refractivity contribution in [2.45, 2.75) is 32.1 Å². The molecule has 2 rings (SSSR count). The molecule has 68 valence electrons. The number of Topliss-reactive ketones (excluding diaryl/α,β-unsaturated/α-hetero) is 1. The normalized spacial score (nSPS) is 15.8. The maximum atomic E-state index is 10.8. The van der Waals surface area contributed by atoms with Gasteiger partial charge in [0, 0.05) is 6.42 Å². The Morgan fingerprint density at radius 1 is 1.31 bits per heavy atom. The third-order valence-corrected chi connectivity index (χ3v) is 2.48. The van der Waals surface area contributed by atoms with E-state index in [1.807, 2.05) is 0 Å². The molecule has 0 heterocycles. The summed E-state index contributed by atoms with van der Waals surface area (Å²) in [5.74, 6) is 1.05. The van der Waals surface area contributed by atoms with Crippen LogP contribution in [0.15, 0.2) is 24.3 Å². The van der Waals surface area contributed by atoms with Crippen LogP contribution in [0, 0.1) is 0 Å². The SMILES string of the molecule is CC(=O)Cc1ccc(C2CC2)cc1. The second-order valence-electron chi connectivity index (χ2n) is 3.89. The highest BCUT2D eigenvalue weighted by Crippen LogP contribution is 2.39. The smallest absolute Gasteiger partial charge is 0.134 e. The zero-order valence-electron chi connectivity index (χ0n) is 7.92. The molecular weight excluding hydrogens is 160 g/mol. The summed E-state index contributed by atoms with van der Waals surface area (Å²) in [6, 6.07) is 8.48. The molecule has 1 aromatic rings. The molecule has 0 aromatic heterocycles. The quantitative estimate of drug-likeness (QED) is 0.688. The van der Waals surface area contributed by atoms with Gasteiger partial charge in [-0.3, -0.25) is 4.79 Å². The van der Waals surface area contributed by atoms with Crippen LogP contribution >= 0.6 is 0 Å². The number of benzene rings is 1. The van der Waals surface area contributed by atoms with Gasteiger partial charge < -0.3 is 0 Å². The van der Waals surface area contributed by atoms with Gasteiger partial charge in [0.05, 0.1) is 0 Å². The lowest BCUT2D eigenvalue weighted by atomic mass is 10.1. The van der Waals surface area contributed by atoms with Crippen LogP contribution in [-0.2, 0) is 11.2 Å². The molecule has 0 spiro atoms. The van der Waals surface area contributed by atoms with Crippen LogP contribution in [0.25, 0.3) is 0 Å². The van der Waals surface area contributed by atoms with Crippen LogP contribution in [0.4, 0.5) is 0 Å². The average molecular weight is 174 g/mol. The van der Waals surface area contributed by atoms with Gasteiger partial charge in [-0.25, -0.2) is 0 Å². The van der Waals surface area contributed by atoms with E-state index >= 15 is 0 Å². The second-order valence-corrected chi connectivity index (χ2v) is 3.89. The minimum Gasteiger partial charge on any atom is -0.300 e. The number of rotatable bonds is 3. The Morgan fingerprint density at radius 3 is 2.38 bits per heavy atom. The number of hydrogen-bond acceptors (Lipinski definition) is 1. The topological polar surface area (TPSA) is 17.1 Å². The van der Waals surface area contributed by atoms with Gasteiger partial charge in [-0.05, 0) is 36.8 Å². The Bertz CT molecular complexity index is 306. The van der Waals surface area contributed by atoms with Crippen LogP contribution in [-0.4, -0.2) is 5.78 Å². The first-order valence-electron chi connectivity index (χ1n) is 4.84. The van der Waals surface area contributed by atoms with Crippen LogP contribution < -0.4 is 0 Å². The maximum Gasteiger partial charge on any atom is 0.134 e. The van der Waals surface area contributed by atoms with Crippen LogP contribution in [0.2, 0.25) is 0 Å². The predicted molar refractivity (Wildman–Crippen MR) is 52.8 cm³/mol. The first-order chi connectivity index (χ1) is 6.25. The van der Waals surface area contributed by atoms with E-state index in [1.54, 1.807) is 6.92 Å². The van der Waals surface area contributed by atoms with Gasteiger partial charge in [-0.15, -0.1) is 0 Å². The Labute approximate surface area is 78.8 Å². The molecule has 0 bridgehead atoms. The average Bonchev–Trinajstić information content (AvgIpc) is 2.87. The monoisotopic (exact) mass is 174 g/mol. The third kappa shape index (κ3) is 2.18. The number of carbonyl (C=O) groups excluding carboxylic acids is 1. The summed E-state index contributed by atoms with van der Waals surface area (Å²) >= 11 is 0. The van der Waals surface area contributed by atoms with E-state index in [0.717, 1.165) is 11.5 Å². The van der Waals surface area contributed by atoms with E-state index in [2.05, 4.69) is 24.3 Å². The Morgan fingerprint density at radius 2 is 1.92 bits per heavy atom. The van der Waals surface area contributed by atoms with Gasteiger partial charge in [-0.2, -0.15) is 0 Å². The van der Waals surface area contributed by atoms with Crippen molar-refractivity contribution in [3.8, 4) is 0 Å². The van der Waals surface area contributed by atoms with Gasteiger partial charge in [0.25, 0.3) is 0 Å². The molecule has 1 nitrogen and oxygen atoms in total. The van der Waals surface area contributed by atoms with Gasteiger partial charge in [0.2, 0.25) is 0 Å². The number of hydrogen-bond donors (Lipinski definition) is 0. The van der Waals surface area contributed by atoms with Crippen molar-refractivity contribution in [3.05, 3.63) is 35.4 Å². The summed E-state index contributed by atoms with van der Waals surface area (Å²) in [5.41, 5.74) is 2.57. The van der Waals surface area contributed by atoms with Crippen LogP contribution in [0.1, 0.15) is 36.8 Å². The second kappa shape index (κ2) is 3.33. The van der Waals surface area contributed by atoms with Crippen molar-refractivity contribution in [3.63, 3.8) is 0 Å². The molecule has 1 aromatic carbocycles. The standard InChI is InChI=1S/C12H14O/c1-9(13)8-10-2-4-11(5-3-10)12-6-7-12/h2-5,12H,6-8H2,1H3. The summed E-state index contributed by atoms with van der Waals surface area (Å²) in [5, 5.41) is 0. The Balaban J connectivity index is 2.08. The third-order valence-electron chi connectivity index (χ3n) is 2.48. The van der Waals surface area contributed by atoms with Crippen LogP contribution in [0.5, 0.6) is 0 Å². The fraction of sp³-hybridized carbons (Fsp3) is 0.417. The van der Waals surface area contributed by atoms with E-state index in [1.165, 1.54) is 18.4 Å². The van der Waals surface area contributed by atoms with Gasteiger partial charge in [-0.1, -0.05) is 24.3 Å². The highest BCUT2D eigenvalue weighted by molar-refractivity contribution is 5.78. The molecule has 1 fully saturated rings. The zero-order chi connectivity index (χ0) is 9.26. The summed E-state index contributed by atoms with van der Waals surface area (Å²) in [6.45, 7) is 1.63. The Hall–Kier alpha value is -1.11. The van der Waals surface area contributed by atoms with E-state index < -0.39 is 0 Å². The van der Waals surface area contributed by atoms with E-state index in [9.17, 15) is 4.79 Å². The van der Waals surface area contributed by atoms with E-state index in [4.69, 9.17) is 0 Å². The highest BCUT2D eigenvalue weighted by Gasteiger charge is 2.22. The molecule has 13 heavy (non-hydrogen) atoms. The molecule has 0 unspecified atom stereocenters. The van der Waals surface area contributed by atoms with Crippen molar-refractivity contribution < 1.29 is 4.79 Å². The lowest BCUT2D eigenvalue weighted by Gasteiger charge is -2.00. The fourth-order valence-electron chi connectivity index (χ4n) is 1.61. The molecule has 0 saturated heterocycles. The summed E-state index contributed by atoms with van der Waals surface area (Å²) in [7, 11) is 0. The van der Waals surface area contributed by atoms with Crippen molar-refractivity contribution in [1.82, 2.24) is 0 Å². The molecule has 1 aliphatic carbocycles. The maximum absolute atomic E-state index is 10.8. The molecule has 1 aliphatic rings. The summed E-state index contributed by atoms with van der Waals surface area (Å²) in [6.07, 6.45) is 3.25. The predicted octanol–water partition coefficient (Wildman–Crippen LogP) is 2.70. The Kier molecular flexibility index (Phi) is 2.17. The molecule has 0 atom stereocenters. The first kappa shape index (κ1) is 8.49. The van der Waals surface area contributed by atoms with Crippen molar-refractivity contribution >= 4 is 5.78 Å². The van der Waals surface area contributed by atoms with Gasteiger partial charge in [0.15, 0.2) is 0 Å². The minimum absolute atomic E-state index is 0.235. The number of carbonyl (C=O) groups is 1. The lowest BCUT2D eigenvalue weighted by molar-refractivity contribution is -0.116. The van der Waals surface area contributed by atoms with Crippen molar-refractivity contribution in [2.24, 2.45) is 0 Å². The van der Waals surface area contributed by atoms with E-state index in [0.29, 0.717) is 6.42 Å². The molecule has 0 aliphatic heterocycles. The van der Waals surface area contributed by atoms with E-state index in [-0.39, 0.29) is 5.78 Å². The molecule has 0 amide bonds. The summed E-state index contributed by atoms with van der Waals surface area (Å²) < 4.78 is 0. The molecule has 0 N–H and O–H groups in total. The molecular formula is C12H14O. The van der Waals surface area contributed by atoms with Gasteiger partial charge >= 0.3 is 0 Å². The highest BCUT2D eigenvalue weighted by atomic mass is 16.1. The minimum atomic E-state index is 0.235. The largest absolute Gasteiger partial charge is 0.300 e. The fourth-order valence-corrected chi connectivity index (χ4v) is 1.61. The summed E-state index contributed by atoms with van der Waals surface area (Å²) in [4.78, 5) is 10.8. The molecule has 1 saturated carbocycles. The number of ketones is 1. The van der Waals surface area contributed by atoms with Gasteiger partial charge in [0.1, 0.15) is 5.78 Å².